The number of carbonyl (C=O) groups is 5. The predicted octanol–water partition coefficient (Wildman–Crippen LogP) is 4.18. The van der Waals surface area contributed by atoms with E-state index in [1.807, 2.05) is 97.8 Å². The summed E-state index contributed by atoms with van der Waals surface area (Å²) in [5.41, 5.74) is 10.8. The molecule has 0 aliphatic heterocycles. The molecule has 61 heavy (non-hydrogen) atoms. The topological polar surface area (TPSA) is 216 Å². The molecule has 0 aliphatic carbocycles. The van der Waals surface area contributed by atoms with Crippen molar-refractivity contribution in [3.63, 3.8) is 0 Å². The molecular weight excluding hydrogens is 805 g/mol. The Morgan fingerprint density at radius 2 is 1.59 bits per heavy atom. The van der Waals surface area contributed by atoms with Gasteiger partial charge in [0, 0.05) is 44.0 Å². The zero-order valence-electron chi connectivity index (χ0n) is 37.7. The third-order valence-corrected chi connectivity index (χ3v) is 11.0. The molecule has 0 fully saturated rings. The molecule has 18 heteroatoms. The second-order valence-corrected chi connectivity index (χ2v) is 16.3. The van der Waals surface area contributed by atoms with Gasteiger partial charge in [0.25, 0.3) is 11.8 Å². The van der Waals surface area contributed by atoms with Gasteiger partial charge in [0.15, 0.2) is 0 Å². The van der Waals surface area contributed by atoms with Crippen LogP contribution in [0.15, 0.2) is 35.7 Å². The minimum absolute atomic E-state index is 0.0136. The van der Waals surface area contributed by atoms with Gasteiger partial charge < -0.3 is 40.2 Å². The van der Waals surface area contributed by atoms with E-state index in [2.05, 4.69) is 21.5 Å². The molecule has 344 valence electrons. The van der Waals surface area contributed by atoms with E-state index >= 15 is 0 Å². The smallest absolute Gasteiger partial charge is 0.426 e. The molecule has 0 spiro atoms. The molecule has 0 aliphatic rings. The summed E-state index contributed by atoms with van der Waals surface area (Å²) < 4.78 is 22.5. The molecule has 17 nitrogen and oxygen atoms in total. The second kappa shape index (κ2) is 29.2. The molecule has 6 N–H and O–H groups in total. The molecule has 0 bridgehead atoms. The zero-order chi connectivity index (χ0) is 45.3. The van der Waals surface area contributed by atoms with Gasteiger partial charge in [-0.25, -0.2) is 15.2 Å². The molecule has 6 atom stereocenters. The minimum atomic E-state index is -1.10. The van der Waals surface area contributed by atoms with Crippen molar-refractivity contribution in [1.29, 1.82) is 0 Å². The van der Waals surface area contributed by atoms with E-state index in [4.69, 9.17) is 29.7 Å². The molecule has 0 saturated carbocycles. The van der Waals surface area contributed by atoms with Crippen LogP contribution in [-0.4, -0.2) is 129 Å². The number of thiazole rings is 1. The number of nitrogens with two attached hydrogens (primary N) is 1. The monoisotopic (exact) mass is 877 g/mol. The SMILES string of the molecule is CCCO[C@H](C[C@H](C(C)C)N(COCC)C(=O)[C@@H](NC(=O)[C@@H](CCC)N(C)C)[C@@H](C)CC)c1nc(C(=O)N[C@@H](Cc2ccccc2)C(=O)NNC(=O)OCCOCCN)cs1. The van der Waals surface area contributed by atoms with E-state index in [-0.39, 0.29) is 61.8 Å². The minimum Gasteiger partial charge on any atom is -0.446 e. The average molecular weight is 877 g/mol. The molecule has 2 rings (SSSR count). The van der Waals surface area contributed by atoms with Crippen molar-refractivity contribution in [3.05, 3.63) is 52.0 Å². The molecule has 5 amide bonds. The second-order valence-electron chi connectivity index (χ2n) is 15.4. The summed E-state index contributed by atoms with van der Waals surface area (Å²) in [6.45, 7) is 15.4. The normalized spacial score (nSPS) is 14.4. The van der Waals surface area contributed by atoms with Gasteiger partial charge in [-0.05, 0) is 51.3 Å². The first-order valence-electron chi connectivity index (χ1n) is 21.5. The number of hydrogen-bond acceptors (Lipinski definition) is 13. The summed E-state index contributed by atoms with van der Waals surface area (Å²) in [4.78, 5) is 76.0. The van der Waals surface area contributed by atoms with Crippen molar-refractivity contribution < 1.29 is 42.9 Å². The first-order valence-corrected chi connectivity index (χ1v) is 22.4. The van der Waals surface area contributed by atoms with Gasteiger partial charge in [0.05, 0.1) is 19.3 Å². The molecule has 2 aromatic rings. The Kier molecular flexibility index (Phi) is 25.3. The molecule has 1 heterocycles. The standard InChI is InChI=1S/C43H72N8O9S/c1-10-17-34(50(8)9)40(54)47-37(30(7)12-3)42(55)51(28-57-13-4)35(29(5)6)26-36(59-21-11-2)41-46-33(27-61-41)38(52)45-32(25-31-18-15-14-16-19-31)39(53)48-49-43(56)60-24-23-58-22-20-44/h14-16,18-19,27,29-30,32,34-37H,10-13,17,20-26,28,44H2,1-9H3,(H,45,52)(H,47,54)(H,48,53)(H,49,56)/t30-,32-,34+,35+,36+,37-/m0/s1. The maximum atomic E-state index is 14.7. The van der Waals surface area contributed by atoms with Crippen LogP contribution in [0.5, 0.6) is 0 Å². The van der Waals surface area contributed by atoms with Gasteiger partial charge in [-0.15, -0.1) is 11.3 Å². The van der Waals surface area contributed by atoms with E-state index in [1.165, 1.54) is 11.3 Å². The van der Waals surface area contributed by atoms with E-state index in [1.54, 1.807) is 10.3 Å². The number of hydrazine groups is 1. The maximum Gasteiger partial charge on any atom is 0.426 e. The van der Waals surface area contributed by atoms with Gasteiger partial charge in [-0.2, -0.15) is 0 Å². The third-order valence-electron chi connectivity index (χ3n) is 10.1. The summed E-state index contributed by atoms with van der Waals surface area (Å²) in [7, 11) is 3.73. The third kappa shape index (κ3) is 18.4. The van der Waals surface area contributed by atoms with Crippen LogP contribution in [0.2, 0.25) is 0 Å². The largest absolute Gasteiger partial charge is 0.446 e. The lowest BCUT2D eigenvalue weighted by Gasteiger charge is -2.39. The number of nitrogens with zero attached hydrogens (tertiary/aromatic N) is 3. The fourth-order valence-corrected chi connectivity index (χ4v) is 7.30. The van der Waals surface area contributed by atoms with Crippen molar-refractivity contribution in [2.45, 2.75) is 117 Å². The van der Waals surface area contributed by atoms with Gasteiger partial charge in [-0.3, -0.25) is 29.5 Å². The van der Waals surface area contributed by atoms with E-state index in [0.717, 1.165) is 18.4 Å². The van der Waals surface area contributed by atoms with Crippen LogP contribution >= 0.6 is 11.3 Å². The number of hydrogen-bond donors (Lipinski definition) is 5. The van der Waals surface area contributed by atoms with E-state index in [9.17, 15) is 24.0 Å². The van der Waals surface area contributed by atoms with E-state index < -0.39 is 42.1 Å². The van der Waals surface area contributed by atoms with Gasteiger partial charge in [0.1, 0.15) is 42.2 Å². The van der Waals surface area contributed by atoms with Crippen LogP contribution < -0.4 is 27.2 Å². The Morgan fingerprint density at radius 1 is 0.869 bits per heavy atom. The highest BCUT2D eigenvalue weighted by Crippen LogP contribution is 2.31. The summed E-state index contributed by atoms with van der Waals surface area (Å²) in [5.74, 6) is -1.93. The predicted molar refractivity (Wildman–Crippen MR) is 235 cm³/mol. The van der Waals surface area contributed by atoms with Crippen molar-refractivity contribution in [2.24, 2.45) is 17.6 Å². The average Bonchev–Trinajstić information content (AvgIpc) is 3.74. The summed E-state index contributed by atoms with van der Waals surface area (Å²) in [5, 5.41) is 8.01. The number of rotatable bonds is 29. The number of amides is 5. The molecular formula is C43H72N8O9S. The zero-order valence-corrected chi connectivity index (χ0v) is 38.5. The van der Waals surface area contributed by atoms with Crippen molar-refractivity contribution in [3.8, 4) is 0 Å². The number of aromatic nitrogens is 1. The maximum absolute atomic E-state index is 14.7. The number of likely N-dealkylation sites (N-methyl/N-ethyl adjacent to an activating group) is 1. The molecule has 0 unspecified atom stereocenters. The van der Waals surface area contributed by atoms with Crippen LogP contribution in [0.4, 0.5) is 4.79 Å². The van der Waals surface area contributed by atoms with Crippen LogP contribution in [0.25, 0.3) is 0 Å². The number of carbonyl (C=O) groups excluding carboxylic acids is 5. The quantitative estimate of drug-likeness (QED) is 0.0442. The van der Waals surface area contributed by atoms with Gasteiger partial charge in [-0.1, -0.05) is 84.7 Å². The first-order chi connectivity index (χ1) is 29.2. The Hall–Kier alpha value is -4.20. The number of nitrogens with one attached hydrogen (secondary N) is 4. The summed E-state index contributed by atoms with van der Waals surface area (Å²) in [6.07, 6.45) is 1.81. The highest BCUT2D eigenvalue weighted by atomic mass is 32.1. The number of ether oxygens (including phenoxy) is 4. The van der Waals surface area contributed by atoms with Crippen LogP contribution in [0.1, 0.15) is 108 Å². The van der Waals surface area contributed by atoms with Crippen molar-refractivity contribution >= 4 is 41.1 Å². The van der Waals surface area contributed by atoms with Crippen molar-refractivity contribution in [1.82, 2.24) is 36.3 Å². The highest BCUT2D eigenvalue weighted by Gasteiger charge is 2.38. The van der Waals surface area contributed by atoms with Crippen LogP contribution in [0.3, 0.4) is 0 Å². The molecule has 0 radical (unpaired) electrons. The summed E-state index contributed by atoms with van der Waals surface area (Å²) >= 11 is 1.24. The Morgan fingerprint density at radius 3 is 2.20 bits per heavy atom. The molecule has 1 aromatic carbocycles. The first kappa shape index (κ1) is 52.9. The fraction of sp³-hybridized carbons (Fsp3) is 0.674. The van der Waals surface area contributed by atoms with Gasteiger partial charge in [0.2, 0.25) is 11.8 Å². The Labute approximate surface area is 366 Å². The van der Waals surface area contributed by atoms with Crippen LogP contribution in [0, 0.1) is 11.8 Å². The lowest BCUT2D eigenvalue weighted by molar-refractivity contribution is -0.149. The van der Waals surface area contributed by atoms with Crippen molar-refractivity contribution in [2.75, 3.05) is 60.4 Å². The molecule has 1 aromatic heterocycles. The lowest BCUT2D eigenvalue weighted by atomic mass is 9.92. The number of benzene rings is 1. The van der Waals surface area contributed by atoms with Crippen LogP contribution in [-0.2, 0) is 39.8 Å². The lowest BCUT2D eigenvalue weighted by Crippen LogP contribution is -2.58. The van der Waals surface area contributed by atoms with E-state index in [0.29, 0.717) is 50.6 Å². The molecule has 0 saturated heterocycles. The Bertz CT molecular complexity index is 1600. The fourth-order valence-electron chi connectivity index (χ4n) is 6.45. The highest BCUT2D eigenvalue weighted by molar-refractivity contribution is 7.09. The summed E-state index contributed by atoms with van der Waals surface area (Å²) in [6, 6.07) is 6.46. The van der Waals surface area contributed by atoms with Gasteiger partial charge >= 0.3 is 6.09 Å². The Balaban J connectivity index is 2.38.